The Morgan fingerprint density at radius 1 is 1.07 bits per heavy atom. The average molecular weight is 640 g/mol. The van der Waals surface area contributed by atoms with Gasteiger partial charge in [-0.15, -0.1) is 0 Å². The van der Waals surface area contributed by atoms with Gasteiger partial charge in [-0.05, 0) is 69.7 Å². The Hall–Kier alpha value is -4.94. The highest BCUT2D eigenvalue weighted by atomic mass is 16.7. The number of hydrogen-bond acceptors (Lipinski definition) is 10. The first-order chi connectivity index (χ1) is 21.5. The maximum Gasteiger partial charge on any atom is 0.408 e. The van der Waals surface area contributed by atoms with Crippen molar-refractivity contribution in [2.24, 2.45) is 11.8 Å². The molecule has 1 aliphatic carbocycles. The minimum absolute atomic E-state index is 0.0280. The second kappa shape index (κ2) is 14.9. The van der Waals surface area contributed by atoms with Crippen LogP contribution in [0.15, 0.2) is 30.8 Å². The number of carbonyl (C=O) groups is 5. The molecule has 1 aromatic heterocycles. The fourth-order valence-electron chi connectivity index (χ4n) is 4.34. The molecule has 0 spiro atoms. The number of nitrogens with one attached hydrogen (secondary N) is 2. The highest BCUT2D eigenvalue weighted by Gasteiger charge is 2.31. The Morgan fingerprint density at radius 3 is 2.28 bits per heavy atom. The van der Waals surface area contributed by atoms with Crippen molar-refractivity contribution in [3.63, 3.8) is 0 Å². The van der Waals surface area contributed by atoms with Crippen LogP contribution in [0.25, 0.3) is 17.2 Å². The van der Waals surface area contributed by atoms with Crippen LogP contribution in [0.1, 0.15) is 91.3 Å². The van der Waals surface area contributed by atoms with E-state index in [0.29, 0.717) is 18.0 Å². The summed E-state index contributed by atoms with van der Waals surface area (Å²) >= 11 is 0. The van der Waals surface area contributed by atoms with Gasteiger partial charge in [-0.25, -0.2) is 24.2 Å². The fourth-order valence-corrected chi connectivity index (χ4v) is 4.34. The topological polar surface area (TPSA) is 179 Å². The largest absolute Gasteiger partial charge is 0.496 e. The van der Waals surface area contributed by atoms with Gasteiger partial charge in [0.1, 0.15) is 23.1 Å². The summed E-state index contributed by atoms with van der Waals surface area (Å²) in [7, 11) is 1.39. The molecule has 1 saturated carbocycles. The first-order valence-electron chi connectivity index (χ1n) is 14.8. The third-order valence-corrected chi connectivity index (χ3v) is 6.83. The molecule has 248 valence electrons. The quantitative estimate of drug-likeness (QED) is 0.202. The van der Waals surface area contributed by atoms with Crippen molar-refractivity contribution in [2.75, 3.05) is 13.7 Å². The van der Waals surface area contributed by atoms with Crippen LogP contribution >= 0.6 is 0 Å². The highest BCUT2D eigenvalue weighted by molar-refractivity contribution is 6.04. The number of aromatic carboxylic acids is 1. The molecule has 0 radical (unpaired) electrons. The number of carboxylic acids is 1. The van der Waals surface area contributed by atoms with Gasteiger partial charge >= 0.3 is 24.0 Å². The summed E-state index contributed by atoms with van der Waals surface area (Å²) in [6.07, 6.45) is 1.14. The molecule has 2 atom stereocenters. The van der Waals surface area contributed by atoms with E-state index in [1.54, 1.807) is 34.6 Å². The number of esters is 2. The van der Waals surface area contributed by atoms with Gasteiger partial charge in [0.2, 0.25) is 6.29 Å². The second-order valence-electron chi connectivity index (χ2n) is 12.2. The molecule has 0 bridgehead atoms. The lowest BCUT2D eigenvalue weighted by Crippen LogP contribution is -2.48. The number of alkyl carbamates (subject to hydrolysis) is 1. The van der Waals surface area contributed by atoms with Gasteiger partial charge in [0, 0.05) is 30.2 Å². The zero-order valence-electron chi connectivity index (χ0n) is 27.1. The normalized spacial score (nSPS) is 14.0. The maximum absolute atomic E-state index is 13.6. The minimum Gasteiger partial charge on any atom is -0.496 e. The lowest BCUT2D eigenvalue weighted by molar-refractivity contribution is -0.169. The second-order valence-corrected chi connectivity index (χ2v) is 12.2. The van der Waals surface area contributed by atoms with E-state index in [-0.39, 0.29) is 28.1 Å². The summed E-state index contributed by atoms with van der Waals surface area (Å²) in [4.78, 5) is 68.3. The van der Waals surface area contributed by atoms with Crippen molar-refractivity contribution in [3.8, 4) is 16.9 Å². The first kappa shape index (κ1) is 35.5. The van der Waals surface area contributed by atoms with Crippen molar-refractivity contribution in [2.45, 2.75) is 72.3 Å². The van der Waals surface area contributed by atoms with E-state index in [2.05, 4.69) is 22.2 Å². The minimum atomic E-state index is -1.47. The monoisotopic (exact) mass is 639 g/mol. The third kappa shape index (κ3) is 9.53. The molecule has 2 unspecified atom stereocenters. The standard InChI is InChI=1S/C33H41N3O10/c1-9-20-14-23(29(38)39)22(15-25(20)43-8)21-12-13-24(28(37)34-16-19-10-11-19)35-27(21)31(41)45-18(4)44-30(40)26(17(2)3)36-32(42)46-33(5,6)7/h9,12-15,17-19,26H,1,10-11,16H2,2-8H3,(H,34,37)(H,36,42)(H,38,39). The molecule has 2 aromatic rings. The number of ether oxygens (including phenoxy) is 4. The molecule has 3 N–H and O–H groups in total. The van der Waals surface area contributed by atoms with Gasteiger partial charge in [0.15, 0.2) is 5.69 Å². The molecule has 13 nitrogen and oxygen atoms in total. The van der Waals surface area contributed by atoms with Crippen molar-refractivity contribution >= 4 is 36.0 Å². The Morgan fingerprint density at radius 2 is 1.74 bits per heavy atom. The van der Waals surface area contributed by atoms with Crippen LogP contribution in [0.2, 0.25) is 0 Å². The zero-order chi connectivity index (χ0) is 34.3. The van der Waals surface area contributed by atoms with Crippen LogP contribution in [0.5, 0.6) is 5.75 Å². The fraction of sp³-hybridized carbons (Fsp3) is 0.455. The number of aromatic nitrogens is 1. The van der Waals surface area contributed by atoms with Gasteiger partial charge in [0.05, 0.1) is 12.7 Å². The molecule has 1 fully saturated rings. The van der Waals surface area contributed by atoms with Crippen LogP contribution in [0.4, 0.5) is 4.79 Å². The van der Waals surface area contributed by atoms with E-state index >= 15 is 0 Å². The van der Waals surface area contributed by atoms with Gasteiger partial charge in [0.25, 0.3) is 5.91 Å². The van der Waals surface area contributed by atoms with Crippen molar-refractivity contribution < 1.29 is 48.0 Å². The summed E-state index contributed by atoms with van der Waals surface area (Å²) in [5.74, 6) is -3.57. The number of nitrogens with zero attached hydrogens (tertiary/aromatic N) is 1. The van der Waals surface area contributed by atoms with Crippen LogP contribution in [0, 0.1) is 11.8 Å². The van der Waals surface area contributed by atoms with Crippen LogP contribution in [-0.2, 0) is 19.0 Å². The van der Waals surface area contributed by atoms with Crippen molar-refractivity contribution in [3.05, 3.63) is 53.4 Å². The number of rotatable bonds is 13. The number of carbonyl (C=O) groups excluding carboxylic acids is 4. The Bertz CT molecular complexity index is 1510. The van der Waals surface area contributed by atoms with Gasteiger partial charge in [-0.2, -0.15) is 0 Å². The van der Waals surface area contributed by atoms with Crippen LogP contribution < -0.4 is 15.4 Å². The molecule has 1 heterocycles. The Balaban J connectivity index is 1.95. The van der Waals surface area contributed by atoms with Gasteiger partial charge in [-0.3, -0.25) is 4.79 Å². The highest BCUT2D eigenvalue weighted by Crippen LogP contribution is 2.34. The summed E-state index contributed by atoms with van der Waals surface area (Å²) in [5.41, 5.74) is -1.00. The van der Waals surface area contributed by atoms with E-state index < -0.39 is 59.5 Å². The molecular formula is C33H41N3O10. The van der Waals surface area contributed by atoms with Crippen LogP contribution in [0.3, 0.4) is 0 Å². The van der Waals surface area contributed by atoms with E-state index in [1.165, 1.54) is 44.4 Å². The van der Waals surface area contributed by atoms with Gasteiger partial charge in [-0.1, -0.05) is 26.5 Å². The number of benzene rings is 1. The van der Waals surface area contributed by atoms with Crippen molar-refractivity contribution in [1.82, 2.24) is 15.6 Å². The molecule has 3 rings (SSSR count). The smallest absolute Gasteiger partial charge is 0.408 e. The average Bonchev–Trinajstić information content (AvgIpc) is 3.81. The zero-order valence-corrected chi connectivity index (χ0v) is 27.1. The summed E-state index contributed by atoms with van der Waals surface area (Å²) in [5, 5.41) is 15.2. The molecule has 1 aliphatic rings. The molecule has 46 heavy (non-hydrogen) atoms. The molecule has 1 aromatic carbocycles. The first-order valence-corrected chi connectivity index (χ1v) is 14.8. The summed E-state index contributed by atoms with van der Waals surface area (Å²) < 4.78 is 21.4. The Labute approximate surface area is 267 Å². The number of carboxylic acid groups (broad SMARTS) is 1. The van der Waals surface area contributed by atoms with Crippen molar-refractivity contribution in [1.29, 1.82) is 0 Å². The summed E-state index contributed by atoms with van der Waals surface area (Å²) in [6.45, 7) is 13.8. The van der Waals surface area contributed by atoms with Gasteiger partial charge < -0.3 is 34.7 Å². The van der Waals surface area contributed by atoms with E-state index in [4.69, 9.17) is 18.9 Å². The predicted octanol–water partition coefficient (Wildman–Crippen LogP) is 4.83. The number of amides is 2. The number of pyridine rings is 1. The SMILES string of the molecule is C=Cc1cc(C(=O)O)c(-c2ccc(C(=O)NCC3CC3)nc2C(=O)OC(C)OC(=O)C(NC(=O)OC(C)(C)C)C(C)C)cc1OC. The van der Waals surface area contributed by atoms with E-state index in [1.807, 2.05) is 0 Å². The maximum atomic E-state index is 13.6. The van der Waals surface area contributed by atoms with Crippen LogP contribution in [-0.4, -0.2) is 71.6 Å². The van der Waals surface area contributed by atoms with E-state index in [0.717, 1.165) is 12.8 Å². The molecular weight excluding hydrogens is 598 g/mol. The number of hydrogen-bond donors (Lipinski definition) is 3. The predicted molar refractivity (Wildman–Crippen MR) is 167 cm³/mol. The summed E-state index contributed by atoms with van der Waals surface area (Å²) in [6, 6.07) is 4.38. The number of methoxy groups -OCH3 is 1. The van der Waals surface area contributed by atoms with E-state index in [9.17, 15) is 29.1 Å². The lowest BCUT2D eigenvalue weighted by atomic mass is 9.95. The Kier molecular flexibility index (Phi) is 11.5. The third-order valence-electron chi connectivity index (χ3n) is 6.83. The molecule has 13 heteroatoms. The molecule has 0 aliphatic heterocycles. The molecule has 2 amide bonds. The molecule has 0 saturated heterocycles. The lowest BCUT2D eigenvalue weighted by Gasteiger charge is -2.25.